The summed E-state index contributed by atoms with van der Waals surface area (Å²) in [4.78, 5) is 35.4. The first kappa shape index (κ1) is 15.5. The van der Waals surface area contributed by atoms with E-state index in [9.17, 15) is 9.59 Å². The van der Waals surface area contributed by atoms with Gasteiger partial charge in [0, 0.05) is 12.5 Å². The van der Waals surface area contributed by atoms with Crippen molar-refractivity contribution in [1.29, 1.82) is 0 Å². The molecule has 2 aromatic heterocycles. The Morgan fingerprint density at radius 3 is 2.78 bits per heavy atom. The maximum Gasteiger partial charge on any atom is 0.322 e. The lowest BCUT2D eigenvalue weighted by molar-refractivity contribution is -0.134. The summed E-state index contributed by atoms with van der Waals surface area (Å²) in [6.45, 7) is 2.14. The number of carbonyl (C=O) groups is 1. The van der Waals surface area contributed by atoms with Gasteiger partial charge in [-0.2, -0.15) is 4.98 Å². The molecule has 1 fully saturated rings. The second kappa shape index (κ2) is 6.39. The van der Waals surface area contributed by atoms with Crippen LogP contribution in [0, 0.1) is 0 Å². The summed E-state index contributed by atoms with van der Waals surface area (Å²) in [7, 11) is 0. The molecule has 1 saturated carbocycles. The fourth-order valence-electron chi connectivity index (χ4n) is 3.12. The summed E-state index contributed by atoms with van der Waals surface area (Å²) < 4.78 is 1.47. The van der Waals surface area contributed by atoms with Crippen LogP contribution in [0.15, 0.2) is 4.79 Å². The van der Waals surface area contributed by atoms with Crippen molar-refractivity contribution in [1.82, 2.24) is 19.5 Å². The smallest absolute Gasteiger partial charge is 0.322 e. The summed E-state index contributed by atoms with van der Waals surface area (Å²) in [6, 6.07) is 0. The predicted molar refractivity (Wildman–Crippen MR) is 85.8 cm³/mol. The quantitative estimate of drug-likeness (QED) is 0.746. The number of aliphatic carboxylic acids is 1. The number of hydrogen-bond acceptors (Lipinski definition) is 5. The molecule has 0 bridgehead atoms. The van der Waals surface area contributed by atoms with Gasteiger partial charge in [-0.25, -0.2) is 4.98 Å². The number of nitrogens with zero attached hydrogens (tertiary/aromatic N) is 3. The molecule has 2 heterocycles. The number of aromatic amines is 1. The van der Waals surface area contributed by atoms with Crippen LogP contribution in [-0.2, 0) is 11.3 Å². The molecule has 0 amide bonds. The van der Waals surface area contributed by atoms with E-state index >= 15 is 0 Å². The molecule has 1 aliphatic rings. The van der Waals surface area contributed by atoms with Crippen LogP contribution in [0.2, 0.25) is 0 Å². The number of aromatic nitrogens is 4. The van der Waals surface area contributed by atoms with E-state index in [1.165, 1.54) is 17.4 Å². The first-order chi connectivity index (χ1) is 11.1. The SMILES string of the molecule is CCCn1c(NCC(=O)O)nc2nc(C3CCCC3)[nH]c2c1=O. The second-order valence-electron chi connectivity index (χ2n) is 5.94. The number of carboxylic acid groups (broad SMARTS) is 1. The Morgan fingerprint density at radius 2 is 2.13 bits per heavy atom. The molecule has 23 heavy (non-hydrogen) atoms. The summed E-state index contributed by atoms with van der Waals surface area (Å²) >= 11 is 0. The highest BCUT2D eigenvalue weighted by molar-refractivity contribution is 5.74. The van der Waals surface area contributed by atoms with Gasteiger partial charge in [0.2, 0.25) is 5.95 Å². The van der Waals surface area contributed by atoms with Gasteiger partial charge in [0.05, 0.1) is 0 Å². The third-order valence-corrected chi connectivity index (χ3v) is 4.22. The van der Waals surface area contributed by atoms with E-state index in [-0.39, 0.29) is 18.1 Å². The van der Waals surface area contributed by atoms with Gasteiger partial charge in [-0.05, 0) is 19.3 Å². The Labute approximate surface area is 133 Å². The van der Waals surface area contributed by atoms with Crippen molar-refractivity contribution in [3.63, 3.8) is 0 Å². The van der Waals surface area contributed by atoms with Gasteiger partial charge in [0.1, 0.15) is 12.4 Å². The third-order valence-electron chi connectivity index (χ3n) is 4.22. The van der Waals surface area contributed by atoms with Crippen molar-refractivity contribution in [3.8, 4) is 0 Å². The Kier molecular flexibility index (Phi) is 4.31. The lowest BCUT2D eigenvalue weighted by atomic mass is 10.1. The van der Waals surface area contributed by atoms with Crippen molar-refractivity contribution in [2.24, 2.45) is 0 Å². The number of fused-ring (bicyclic) bond motifs is 1. The van der Waals surface area contributed by atoms with E-state index in [1.807, 2.05) is 6.92 Å². The zero-order valence-corrected chi connectivity index (χ0v) is 13.1. The number of anilines is 1. The van der Waals surface area contributed by atoms with Crippen LogP contribution in [0.3, 0.4) is 0 Å². The summed E-state index contributed by atoms with van der Waals surface area (Å²) in [5.74, 6) is 0.437. The maximum atomic E-state index is 12.7. The van der Waals surface area contributed by atoms with Gasteiger partial charge in [-0.3, -0.25) is 14.2 Å². The highest BCUT2D eigenvalue weighted by Crippen LogP contribution is 2.32. The van der Waals surface area contributed by atoms with E-state index in [0.29, 0.717) is 23.6 Å². The monoisotopic (exact) mass is 319 g/mol. The molecule has 0 aromatic carbocycles. The molecule has 3 rings (SSSR count). The topological polar surface area (TPSA) is 113 Å². The number of rotatable bonds is 6. The molecule has 0 saturated heterocycles. The minimum atomic E-state index is -1.00. The Hall–Kier alpha value is -2.38. The van der Waals surface area contributed by atoms with E-state index in [0.717, 1.165) is 25.1 Å². The van der Waals surface area contributed by atoms with Crippen molar-refractivity contribution in [2.45, 2.75) is 51.5 Å². The molecule has 0 unspecified atom stereocenters. The largest absolute Gasteiger partial charge is 0.480 e. The van der Waals surface area contributed by atoms with Gasteiger partial charge in [0.25, 0.3) is 5.56 Å². The average molecular weight is 319 g/mol. The molecule has 0 aliphatic heterocycles. The molecule has 8 heteroatoms. The lowest BCUT2D eigenvalue weighted by Crippen LogP contribution is -2.27. The minimum absolute atomic E-state index is 0.207. The molecule has 0 spiro atoms. The first-order valence-corrected chi connectivity index (χ1v) is 8.06. The predicted octanol–water partition coefficient (Wildman–Crippen LogP) is 1.68. The fraction of sp³-hybridized carbons (Fsp3) is 0.600. The molecular formula is C15H21N5O3. The van der Waals surface area contributed by atoms with Crippen molar-refractivity contribution >= 4 is 23.1 Å². The fourth-order valence-corrected chi connectivity index (χ4v) is 3.12. The van der Waals surface area contributed by atoms with Crippen LogP contribution in [0.5, 0.6) is 0 Å². The van der Waals surface area contributed by atoms with Crippen molar-refractivity contribution in [2.75, 3.05) is 11.9 Å². The standard InChI is InChI=1S/C15H21N5O3/c1-2-7-20-14(23)11-13(19-15(20)16-8-10(21)22)18-12(17-11)9-5-3-4-6-9/h9H,2-8H2,1H3,(H,16,19)(H,17,18)(H,21,22). The normalized spacial score (nSPS) is 15.3. The van der Waals surface area contributed by atoms with Crippen LogP contribution in [0.1, 0.15) is 50.8 Å². The molecule has 3 N–H and O–H groups in total. The van der Waals surface area contributed by atoms with E-state index in [4.69, 9.17) is 5.11 Å². The first-order valence-electron chi connectivity index (χ1n) is 8.06. The third kappa shape index (κ3) is 3.06. The molecular weight excluding hydrogens is 298 g/mol. The van der Waals surface area contributed by atoms with E-state index in [2.05, 4.69) is 20.3 Å². The summed E-state index contributed by atoms with van der Waals surface area (Å²) in [6.07, 6.45) is 5.26. The lowest BCUT2D eigenvalue weighted by Gasteiger charge is -2.11. The molecule has 1 aliphatic carbocycles. The summed E-state index contributed by atoms with van der Waals surface area (Å²) in [5, 5.41) is 11.5. The van der Waals surface area contributed by atoms with Crippen LogP contribution in [0.25, 0.3) is 11.2 Å². The molecule has 8 nitrogen and oxygen atoms in total. The van der Waals surface area contributed by atoms with Gasteiger partial charge in [-0.1, -0.05) is 19.8 Å². The van der Waals surface area contributed by atoms with Crippen molar-refractivity contribution in [3.05, 3.63) is 16.2 Å². The van der Waals surface area contributed by atoms with Gasteiger partial charge >= 0.3 is 5.97 Å². The maximum absolute atomic E-state index is 12.7. The number of H-pyrrole nitrogens is 1. The van der Waals surface area contributed by atoms with Gasteiger partial charge in [-0.15, -0.1) is 0 Å². The number of hydrogen-bond donors (Lipinski definition) is 3. The Bertz CT molecular complexity index is 773. The zero-order valence-electron chi connectivity index (χ0n) is 13.1. The van der Waals surface area contributed by atoms with E-state index < -0.39 is 5.97 Å². The van der Waals surface area contributed by atoms with Crippen LogP contribution >= 0.6 is 0 Å². The zero-order chi connectivity index (χ0) is 16.4. The van der Waals surface area contributed by atoms with Crippen molar-refractivity contribution < 1.29 is 9.90 Å². The van der Waals surface area contributed by atoms with Crippen LogP contribution in [0.4, 0.5) is 5.95 Å². The molecule has 124 valence electrons. The second-order valence-corrected chi connectivity index (χ2v) is 5.94. The Balaban J connectivity index is 2.05. The Morgan fingerprint density at radius 1 is 1.39 bits per heavy atom. The number of nitrogens with one attached hydrogen (secondary N) is 2. The highest BCUT2D eigenvalue weighted by Gasteiger charge is 2.22. The number of carboxylic acids is 1. The van der Waals surface area contributed by atoms with Gasteiger partial charge < -0.3 is 15.4 Å². The molecule has 2 aromatic rings. The van der Waals surface area contributed by atoms with Crippen LogP contribution < -0.4 is 10.9 Å². The van der Waals surface area contributed by atoms with Gasteiger partial charge in [0.15, 0.2) is 11.2 Å². The molecule has 0 atom stereocenters. The summed E-state index contributed by atoms with van der Waals surface area (Å²) in [5.41, 5.74) is 0.555. The highest BCUT2D eigenvalue weighted by atomic mass is 16.4. The molecule has 0 radical (unpaired) electrons. The van der Waals surface area contributed by atoms with Crippen LogP contribution in [-0.4, -0.2) is 37.1 Å². The minimum Gasteiger partial charge on any atom is -0.480 e. The average Bonchev–Trinajstić information content (AvgIpc) is 3.17. The number of imidazole rings is 1. The van der Waals surface area contributed by atoms with E-state index in [1.54, 1.807) is 0 Å².